The summed E-state index contributed by atoms with van der Waals surface area (Å²) in [4.78, 5) is 13.7. The van der Waals surface area contributed by atoms with Gasteiger partial charge in [0.15, 0.2) is 0 Å². The van der Waals surface area contributed by atoms with E-state index >= 15 is 0 Å². The Morgan fingerprint density at radius 2 is 1.84 bits per heavy atom. The molecule has 0 aromatic heterocycles. The first-order valence-corrected chi connectivity index (χ1v) is 7.53. The highest BCUT2D eigenvalue weighted by molar-refractivity contribution is 5.53. The van der Waals surface area contributed by atoms with Crippen molar-refractivity contribution in [3.63, 3.8) is 0 Å². The maximum absolute atomic E-state index is 11.0. The average Bonchev–Trinajstić information content (AvgIpc) is 2.69. The van der Waals surface area contributed by atoms with Crippen LogP contribution in [0.1, 0.15) is 38.2 Å². The van der Waals surface area contributed by atoms with Gasteiger partial charge in [0.05, 0.1) is 0 Å². The monoisotopic (exact) mass is 257 g/mol. The Morgan fingerprint density at radius 3 is 2.42 bits per heavy atom. The normalized spacial score (nSPS) is 32.2. The molecule has 2 aliphatic rings. The minimum atomic E-state index is 0.238. The summed E-state index contributed by atoms with van der Waals surface area (Å²) in [6.07, 6.45) is 6.21. The topological polar surface area (TPSA) is 20.3 Å². The molecule has 0 spiro atoms. The SMILES string of the molecule is CC(C=O)C1CC2CCC(C1)N2Cc1ccccc1. The van der Waals surface area contributed by atoms with E-state index in [1.165, 1.54) is 31.2 Å². The zero-order chi connectivity index (χ0) is 13.2. The van der Waals surface area contributed by atoms with E-state index in [9.17, 15) is 4.79 Å². The standard InChI is InChI=1S/C17H23NO/c1-13(12-19)15-9-16-7-8-17(10-15)18(16)11-14-5-3-2-4-6-14/h2-6,12-13,15-17H,7-11H2,1H3. The van der Waals surface area contributed by atoms with Crippen molar-refractivity contribution < 1.29 is 4.79 Å². The molecule has 102 valence electrons. The number of carbonyl (C=O) groups excluding carboxylic acids is 1. The molecule has 0 saturated carbocycles. The molecule has 0 N–H and O–H groups in total. The second-order valence-corrected chi connectivity index (χ2v) is 6.27. The molecule has 2 saturated heterocycles. The Hall–Kier alpha value is -1.15. The van der Waals surface area contributed by atoms with Crippen molar-refractivity contribution in [2.24, 2.45) is 11.8 Å². The van der Waals surface area contributed by atoms with Crippen LogP contribution in [0.3, 0.4) is 0 Å². The van der Waals surface area contributed by atoms with E-state index in [1.54, 1.807) is 0 Å². The molecule has 0 aliphatic carbocycles. The number of fused-ring (bicyclic) bond motifs is 2. The van der Waals surface area contributed by atoms with Gasteiger partial charge in [-0.05, 0) is 37.2 Å². The number of rotatable bonds is 4. The predicted octanol–water partition coefficient (Wildman–Crippen LogP) is 3.26. The van der Waals surface area contributed by atoms with Gasteiger partial charge in [0.1, 0.15) is 6.29 Å². The number of aldehydes is 1. The highest BCUT2D eigenvalue weighted by Crippen LogP contribution is 2.41. The van der Waals surface area contributed by atoms with E-state index in [4.69, 9.17) is 0 Å². The molecule has 1 aromatic rings. The van der Waals surface area contributed by atoms with Crippen LogP contribution in [0.2, 0.25) is 0 Å². The van der Waals surface area contributed by atoms with Gasteiger partial charge in [-0.1, -0.05) is 37.3 Å². The van der Waals surface area contributed by atoms with Crippen LogP contribution in [-0.4, -0.2) is 23.3 Å². The minimum absolute atomic E-state index is 0.238. The van der Waals surface area contributed by atoms with Crippen LogP contribution in [0.25, 0.3) is 0 Å². The summed E-state index contributed by atoms with van der Waals surface area (Å²) >= 11 is 0. The molecule has 2 bridgehead atoms. The Labute approximate surface area is 115 Å². The predicted molar refractivity (Wildman–Crippen MR) is 76.7 cm³/mol. The van der Waals surface area contributed by atoms with Crippen LogP contribution in [-0.2, 0) is 11.3 Å². The molecule has 3 atom stereocenters. The molecule has 0 amide bonds. The molecule has 0 radical (unpaired) electrons. The van der Waals surface area contributed by atoms with Gasteiger partial charge in [-0.2, -0.15) is 0 Å². The first-order chi connectivity index (χ1) is 9.28. The molecule has 3 unspecified atom stereocenters. The lowest BCUT2D eigenvalue weighted by molar-refractivity contribution is -0.112. The van der Waals surface area contributed by atoms with Crippen LogP contribution in [0.5, 0.6) is 0 Å². The van der Waals surface area contributed by atoms with Crippen molar-refractivity contribution in [1.82, 2.24) is 4.90 Å². The fourth-order valence-corrected chi connectivity index (χ4v) is 3.91. The van der Waals surface area contributed by atoms with Crippen LogP contribution < -0.4 is 0 Å². The van der Waals surface area contributed by atoms with E-state index in [-0.39, 0.29) is 5.92 Å². The summed E-state index contributed by atoms with van der Waals surface area (Å²) in [7, 11) is 0. The lowest BCUT2D eigenvalue weighted by Gasteiger charge is -2.40. The summed E-state index contributed by atoms with van der Waals surface area (Å²) < 4.78 is 0. The molecule has 2 aliphatic heterocycles. The van der Waals surface area contributed by atoms with Crippen LogP contribution >= 0.6 is 0 Å². The van der Waals surface area contributed by atoms with E-state index in [0.29, 0.717) is 18.0 Å². The third kappa shape index (κ3) is 2.59. The Bertz CT molecular complexity index is 416. The summed E-state index contributed by atoms with van der Waals surface area (Å²) in [6.45, 7) is 3.17. The first kappa shape index (κ1) is 12.9. The summed E-state index contributed by atoms with van der Waals surface area (Å²) in [5, 5.41) is 0. The average molecular weight is 257 g/mol. The van der Waals surface area contributed by atoms with Crippen molar-refractivity contribution in [3.8, 4) is 0 Å². The summed E-state index contributed by atoms with van der Waals surface area (Å²) in [6, 6.07) is 12.2. The number of nitrogens with zero attached hydrogens (tertiary/aromatic N) is 1. The molecular weight excluding hydrogens is 234 g/mol. The van der Waals surface area contributed by atoms with E-state index in [1.807, 2.05) is 0 Å². The van der Waals surface area contributed by atoms with Crippen molar-refractivity contribution in [2.75, 3.05) is 0 Å². The molecule has 1 aromatic carbocycles. The molecular formula is C17H23NO. The number of benzene rings is 1. The van der Waals surface area contributed by atoms with Gasteiger partial charge in [0.25, 0.3) is 0 Å². The zero-order valence-corrected chi connectivity index (χ0v) is 11.7. The highest BCUT2D eigenvalue weighted by atomic mass is 16.1. The molecule has 2 heterocycles. The largest absolute Gasteiger partial charge is 0.303 e. The number of hydrogen-bond acceptors (Lipinski definition) is 2. The van der Waals surface area contributed by atoms with Gasteiger partial charge in [-0.3, -0.25) is 4.90 Å². The van der Waals surface area contributed by atoms with Gasteiger partial charge in [-0.25, -0.2) is 0 Å². The van der Waals surface area contributed by atoms with E-state index in [2.05, 4.69) is 42.2 Å². The van der Waals surface area contributed by atoms with Crippen molar-refractivity contribution in [2.45, 2.75) is 51.2 Å². The zero-order valence-electron chi connectivity index (χ0n) is 11.7. The maximum atomic E-state index is 11.0. The van der Waals surface area contributed by atoms with Crippen molar-refractivity contribution >= 4 is 6.29 Å². The van der Waals surface area contributed by atoms with E-state index < -0.39 is 0 Å². The molecule has 2 heteroatoms. The smallest absolute Gasteiger partial charge is 0.123 e. The van der Waals surface area contributed by atoms with Gasteiger partial charge >= 0.3 is 0 Å². The number of piperidine rings is 1. The lowest BCUT2D eigenvalue weighted by atomic mass is 9.82. The maximum Gasteiger partial charge on any atom is 0.123 e. The minimum Gasteiger partial charge on any atom is -0.303 e. The van der Waals surface area contributed by atoms with Crippen molar-refractivity contribution in [1.29, 1.82) is 0 Å². The van der Waals surface area contributed by atoms with Gasteiger partial charge in [-0.15, -0.1) is 0 Å². The highest BCUT2D eigenvalue weighted by Gasteiger charge is 2.41. The van der Waals surface area contributed by atoms with Gasteiger partial charge in [0, 0.05) is 24.5 Å². The second-order valence-electron chi connectivity index (χ2n) is 6.27. The fraction of sp³-hybridized carbons (Fsp3) is 0.588. The molecule has 2 fully saturated rings. The lowest BCUT2D eigenvalue weighted by Crippen LogP contribution is -2.43. The molecule has 19 heavy (non-hydrogen) atoms. The van der Waals surface area contributed by atoms with Crippen LogP contribution in [0.4, 0.5) is 0 Å². The summed E-state index contributed by atoms with van der Waals surface area (Å²) in [5.41, 5.74) is 1.42. The van der Waals surface area contributed by atoms with Crippen LogP contribution in [0.15, 0.2) is 30.3 Å². The Kier molecular flexibility index (Phi) is 3.69. The molecule has 3 rings (SSSR count). The number of hydrogen-bond donors (Lipinski definition) is 0. The number of carbonyl (C=O) groups is 1. The van der Waals surface area contributed by atoms with Gasteiger partial charge < -0.3 is 4.79 Å². The van der Waals surface area contributed by atoms with E-state index in [0.717, 1.165) is 12.8 Å². The Morgan fingerprint density at radius 1 is 1.21 bits per heavy atom. The second kappa shape index (κ2) is 5.46. The molecule has 2 nitrogen and oxygen atoms in total. The third-order valence-corrected chi connectivity index (χ3v) is 5.09. The summed E-state index contributed by atoms with van der Waals surface area (Å²) in [5.74, 6) is 0.851. The van der Waals surface area contributed by atoms with Crippen molar-refractivity contribution in [3.05, 3.63) is 35.9 Å². The van der Waals surface area contributed by atoms with Gasteiger partial charge in [0.2, 0.25) is 0 Å². The fourth-order valence-electron chi connectivity index (χ4n) is 3.91. The quantitative estimate of drug-likeness (QED) is 0.772. The first-order valence-electron chi connectivity index (χ1n) is 7.53. The third-order valence-electron chi connectivity index (χ3n) is 5.09. The Balaban J connectivity index is 1.68. The van der Waals surface area contributed by atoms with Crippen LogP contribution in [0, 0.1) is 11.8 Å².